The lowest BCUT2D eigenvalue weighted by atomic mass is 10.0. The van der Waals surface area contributed by atoms with E-state index in [-0.39, 0.29) is 23.3 Å². The Balaban J connectivity index is 1.15. The van der Waals surface area contributed by atoms with E-state index in [9.17, 15) is 13.2 Å². The fourth-order valence-electron chi connectivity index (χ4n) is 6.24. The van der Waals surface area contributed by atoms with Gasteiger partial charge in [-0.3, -0.25) is 9.69 Å². The molecule has 1 amide bonds. The van der Waals surface area contributed by atoms with E-state index in [1.807, 2.05) is 60.7 Å². The van der Waals surface area contributed by atoms with Crippen LogP contribution in [0.25, 0.3) is 10.8 Å². The van der Waals surface area contributed by atoms with Crippen molar-refractivity contribution in [3.63, 3.8) is 0 Å². The minimum atomic E-state index is -3.87. The van der Waals surface area contributed by atoms with Crippen molar-refractivity contribution in [2.45, 2.75) is 62.0 Å². The van der Waals surface area contributed by atoms with Crippen LogP contribution in [0.2, 0.25) is 0 Å². The van der Waals surface area contributed by atoms with Gasteiger partial charge < -0.3 is 5.32 Å². The number of benzene rings is 4. The quantitative estimate of drug-likeness (QED) is 0.259. The average Bonchev–Trinajstić information content (AvgIpc) is 3.39. The van der Waals surface area contributed by atoms with E-state index in [4.69, 9.17) is 0 Å². The van der Waals surface area contributed by atoms with Crippen LogP contribution in [0.1, 0.15) is 66.4 Å². The molecule has 41 heavy (non-hydrogen) atoms. The zero-order chi connectivity index (χ0) is 28.2. The molecule has 1 saturated heterocycles. The van der Waals surface area contributed by atoms with E-state index in [1.165, 1.54) is 49.0 Å². The predicted octanol–water partition coefficient (Wildman–Crippen LogP) is 6.04. The van der Waals surface area contributed by atoms with Crippen molar-refractivity contribution in [1.29, 1.82) is 0 Å². The van der Waals surface area contributed by atoms with E-state index in [2.05, 4.69) is 33.1 Å². The van der Waals surface area contributed by atoms with Crippen molar-refractivity contribution in [3.8, 4) is 0 Å². The Morgan fingerprint density at radius 1 is 0.854 bits per heavy atom. The molecule has 1 aliphatic carbocycles. The molecule has 7 heteroatoms. The summed E-state index contributed by atoms with van der Waals surface area (Å²) in [6.45, 7) is 3.33. The highest BCUT2D eigenvalue weighted by atomic mass is 32.2. The van der Waals surface area contributed by atoms with Gasteiger partial charge in [0.15, 0.2) is 0 Å². The third kappa shape index (κ3) is 6.53. The molecule has 4 aromatic rings. The van der Waals surface area contributed by atoms with E-state index >= 15 is 0 Å². The maximum absolute atomic E-state index is 13.5. The van der Waals surface area contributed by atoms with Gasteiger partial charge >= 0.3 is 0 Å². The summed E-state index contributed by atoms with van der Waals surface area (Å²) in [6, 6.07) is 28.0. The van der Waals surface area contributed by atoms with Crippen LogP contribution in [-0.4, -0.2) is 32.3 Å². The second-order valence-corrected chi connectivity index (χ2v) is 13.0. The summed E-state index contributed by atoms with van der Waals surface area (Å²) in [4.78, 5) is 16.1. The topological polar surface area (TPSA) is 78.5 Å². The molecule has 4 aromatic carbocycles. The fourth-order valence-corrected chi connectivity index (χ4v) is 7.50. The van der Waals surface area contributed by atoms with Crippen molar-refractivity contribution in [2.75, 3.05) is 13.1 Å². The SMILES string of the molecule is O=C(C[C@@H](NS(=O)(=O)c1ccc2ccccc2c1)c1ccccc1)NC1CCc2cc(CN3CCCCC3)ccc21. The Bertz CT molecular complexity index is 1630. The summed E-state index contributed by atoms with van der Waals surface area (Å²) < 4.78 is 29.8. The van der Waals surface area contributed by atoms with Crippen LogP contribution in [0.5, 0.6) is 0 Å². The van der Waals surface area contributed by atoms with Gasteiger partial charge in [-0.05, 0) is 83.9 Å². The van der Waals surface area contributed by atoms with Gasteiger partial charge in [-0.25, -0.2) is 13.1 Å². The number of aryl methyl sites for hydroxylation is 1. The molecule has 1 aliphatic heterocycles. The first kappa shape index (κ1) is 27.6. The summed E-state index contributed by atoms with van der Waals surface area (Å²) in [5, 5.41) is 5.03. The number of sulfonamides is 1. The monoisotopic (exact) mass is 567 g/mol. The molecule has 2 aliphatic rings. The largest absolute Gasteiger partial charge is 0.349 e. The zero-order valence-electron chi connectivity index (χ0n) is 23.3. The third-order valence-electron chi connectivity index (χ3n) is 8.40. The predicted molar refractivity (Wildman–Crippen MR) is 163 cm³/mol. The summed E-state index contributed by atoms with van der Waals surface area (Å²) in [5.41, 5.74) is 4.57. The highest BCUT2D eigenvalue weighted by Gasteiger charge is 2.28. The van der Waals surface area contributed by atoms with E-state index < -0.39 is 16.1 Å². The summed E-state index contributed by atoms with van der Waals surface area (Å²) in [6.07, 6.45) is 5.69. The number of carbonyl (C=O) groups excluding carboxylic acids is 1. The van der Waals surface area contributed by atoms with Crippen LogP contribution < -0.4 is 10.0 Å². The van der Waals surface area contributed by atoms with Gasteiger partial charge in [-0.2, -0.15) is 0 Å². The van der Waals surface area contributed by atoms with Crippen molar-refractivity contribution in [2.24, 2.45) is 0 Å². The second kappa shape index (κ2) is 12.1. The first-order valence-electron chi connectivity index (χ1n) is 14.6. The first-order valence-corrected chi connectivity index (χ1v) is 16.1. The minimum absolute atomic E-state index is 0.00962. The lowest BCUT2D eigenvalue weighted by Gasteiger charge is -2.26. The summed E-state index contributed by atoms with van der Waals surface area (Å²) in [5.74, 6) is -0.171. The van der Waals surface area contributed by atoms with Crippen molar-refractivity contribution in [1.82, 2.24) is 14.9 Å². The lowest BCUT2D eigenvalue weighted by molar-refractivity contribution is -0.122. The Kier molecular flexibility index (Phi) is 8.19. The maximum Gasteiger partial charge on any atom is 0.241 e. The number of piperidine rings is 1. The fraction of sp³-hybridized carbons (Fsp3) is 0.324. The molecular formula is C34H37N3O3S. The van der Waals surface area contributed by atoms with E-state index in [0.29, 0.717) is 0 Å². The average molecular weight is 568 g/mol. The van der Waals surface area contributed by atoms with Gasteiger partial charge in [0.05, 0.1) is 17.0 Å². The summed E-state index contributed by atoms with van der Waals surface area (Å²) in [7, 11) is -3.87. The smallest absolute Gasteiger partial charge is 0.241 e. The van der Waals surface area contributed by atoms with Crippen LogP contribution in [0, 0.1) is 0 Å². The lowest BCUT2D eigenvalue weighted by Crippen LogP contribution is -2.35. The number of carbonyl (C=O) groups is 1. The second-order valence-electron chi connectivity index (χ2n) is 11.3. The number of rotatable bonds is 9. The van der Waals surface area contributed by atoms with Crippen molar-refractivity contribution >= 4 is 26.7 Å². The van der Waals surface area contributed by atoms with Gasteiger partial charge in [0.2, 0.25) is 15.9 Å². The Morgan fingerprint density at radius 2 is 1.61 bits per heavy atom. The molecule has 0 saturated carbocycles. The molecule has 6 rings (SSSR count). The number of hydrogen-bond acceptors (Lipinski definition) is 4. The molecule has 6 nitrogen and oxygen atoms in total. The Labute approximate surface area is 242 Å². The van der Waals surface area contributed by atoms with Gasteiger partial charge in [0.1, 0.15) is 0 Å². The number of amides is 1. The molecule has 1 heterocycles. The van der Waals surface area contributed by atoms with Gasteiger partial charge in [-0.1, -0.05) is 85.3 Å². The van der Waals surface area contributed by atoms with Crippen molar-refractivity contribution in [3.05, 3.63) is 113 Å². The molecule has 2 atom stereocenters. The third-order valence-corrected chi connectivity index (χ3v) is 9.86. The number of nitrogens with one attached hydrogen (secondary N) is 2. The standard InChI is InChI=1S/C34H37N3O3S/c38-34(35-32-18-15-29-21-25(13-17-31(29)32)24-37-19-7-2-8-20-37)23-33(27-10-3-1-4-11-27)36-41(39,40)30-16-14-26-9-5-6-12-28(26)22-30/h1,3-6,9-14,16-17,21-22,32-33,36H,2,7-8,15,18-20,23-24H2,(H,35,38)/t32?,33-/m1/s1. The number of fused-ring (bicyclic) bond motifs is 2. The molecule has 0 aromatic heterocycles. The first-order chi connectivity index (χ1) is 19.9. The van der Waals surface area contributed by atoms with Crippen LogP contribution in [0.4, 0.5) is 0 Å². The molecule has 0 radical (unpaired) electrons. The number of hydrogen-bond donors (Lipinski definition) is 2. The van der Waals surface area contributed by atoms with Crippen LogP contribution in [-0.2, 0) is 27.8 Å². The Morgan fingerprint density at radius 3 is 2.41 bits per heavy atom. The highest BCUT2D eigenvalue weighted by Crippen LogP contribution is 2.33. The molecule has 2 N–H and O–H groups in total. The molecule has 212 valence electrons. The summed E-state index contributed by atoms with van der Waals surface area (Å²) >= 11 is 0. The molecule has 0 bridgehead atoms. The van der Waals surface area contributed by atoms with E-state index in [0.717, 1.165) is 35.7 Å². The molecule has 1 fully saturated rings. The molecule has 1 unspecified atom stereocenters. The van der Waals surface area contributed by atoms with Crippen molar-refractivity contribution < 1.29 is 13.2 Å². The molecular weight excluding hydrogens is 530 g/mol. The normalized spacial score (nSPS) is 18.2. The number of likely N-dealkylation sites (tertiary alicyclic amines) is 1. The Hall–Kier alpha value is -3.52. The van der Waals surface area contributed by atoms with Gasteiger partial charge in [0, 0.05) is 13.0 Å². The maximum atomic E-state index is 13.5. The highest BCUT2D eigenvalue weighted by molar-refractivity contribution is 7.89. The van der Waals surface area contributed by atoms with E-state index in [1.54, 1.807) is 12.1 Å². The molecule has 0 spiro atoms. The number of nitrogens with zero attached hydrogens (tertiary/aromatic N) is 1. The zero-order valence-corrected chi connectivity index (χ0v) is 24.1. The van der Waals surface area contributed by atoms with Gasteiger partial charge in [0.25, 0.3) is 0 Å². The van der Waals surface area contributed by atoms with Gasteiger partial charge in [-0.15, -0.1) is 0 Å². The minimum Gasteiger partial charge on any atom is -0.349 e. The van der Waals surface area contributed by atoms with Crippen LogP contribution >= 0.6 is 0 Å². The van der Waals surface area contributed by atoms with Crippen LogP contribution in [0.3, 0.4) is 0 Å². The van der Waals surface area contributed by atoms with Crippen LogP contribution in [0.15, 0.2) is 95.9 Å².